The zero-order valence-electron chi connectivity index (χ0n) is 14.1. The number of hydrogen-bond acceptors (Lipinski definition) is 3. The van der Waals surface area contributed by atoms with Crippen LogP contribution >= 0.6 is 0 Å². The maximum Gasteiger partial charge on any atom is 0.224 e. The van der Waals surface area contributed by atoms with Crippen molar-refractivity contribution in [3.8, 4) is 0 Å². The molecule has 1 amide bonds. The van der Waals surface area contributed by atoms with Gasteiger partial charge in [0.1, 0.15) is 0 Å². The Labute approximate surface area is 143 Å². The zero-order chi connectivity index (χ0) is 16.7. The molecule has 128 valence electrons. The molecule has 0 saturated heterocycles. The van der Waals surface area contributed by atoms with Gasteiger partial charge in [-0.05, 0) is 74.0 Å². The predicted molar refractivity (Wildman–Crippen MR) is 98.0 cm³/mol. The van der Waals surface area contributed by atoms with Crippen LogP contribution < -0.4 is 16.8 Å². The Morgan fingerprint density at radius 3 is 2.29 bits per heavy atom. The summed E-state index contributed by atoms with van der Waals surface area (Å²) in [5.74, 6) is 2.70. The molecule has 1 aromatic rings. The first kappa shape index (κ1) is 15.6. The van der Waals surface area contributed by atoms with Gasteiger partial charge in [-0.15, -0.1) is 0 Å². The Kier molecular flexibility index (Phi) is 3.78. The second-order valence-corrected chi connectivity index (χ2v) is 8.24. The molecule has 0 spiro atoms. The number of nitrogen functional groups attached to an aromatic ring is 2. The molecule has 0 heterocycles. The van der Waals surface area contributed by atoms with Crippen LogP contribution in [0.2, 0.25) is 0 Å². The molecule has 4 nitrogen and oxygen atoms in total. The molecular formula is C20H27N3O. The molecule has 5 rings (SSSR count). The molecule has 0 radical (unpaired) electrons. The number of nitrogens with two attached hydrogens (primary N) is 2. The first-order valence-electron chi connectivity index (χ1n) is 9.14. The zero-order valence-corrected chi connectivity index (χ0v) is 14.1. The van der Waals surface area contributed by atoms with Crippen LogP contribution in [0, 0.1) is 17.8 Å². The quantitative estimate of drug-likeness (QED) is 0.743. The average molecular weight is 325 g/mol. The van der Waals surface area contributed by atoms with Crippen LogP contribution in [0.4, 0.5) is 11.4 Å². The summed E-state index contributed by atoms with van der Waals surface area (Å²) in [5, 5.41) is 3.40. The molecule has 4 aliphatic carbocycles. The van der Waals surface area contributed by atoms with E-state index in [9.17, 15) is 4.79 Å². The molecule has 1 aromatic carbocycles. The summed E-state index contributed by atoms with van der Waals surface area (Å²) in [7, 11) is 0. The van der Waals surface area contributed by atoms with E-state index in [0.29, 0.717) is 17.8 Å². The first-order valence-corrected chi connectivity index (χ1v) is 9.14. The fraction of sp³-hybridized carbons (Fsp3) is 0.550. The van der Waals surface area contributed by atoms with E-state index in [1.54, 1.807) is 6.07 Å². The highest BCUT2D eigenvalue weighted by molar-refractivity contribution is 5.79. The molecule has 4 saturated carbocycles. The van der Waals surface area contributed by atoms with E-state index in [-0.39, 0.29) is 11.4 Å². The van der Waals surface area contributed by atoms with Crippen LogP contribution in [-0.4, -0.2) is 11.4 Å². The van der Waals surface area contributed by atoms with Crippen molar-refractivity contribution in [2.24, 2.45) is 17.8 Å². The van der Waals surface area contributed by atoms with Gasteiger partial charge in [0.15, 0.2) is 0 Å². The van der Waals surface area contributed by atoms with Gasteiger partial charge < -0.3 is 16.8 Å². The van der Waals surface area contributed by atoms with Crippen molar-refractivity contribution in [3.63, 3.8) is 0 Å². The summed E-state index contributed by atoms with van der Waals surface area (Å²) >= 11 is 0. The molecule has 0 unspecified atom stereocenters. The van der Waals surface area contributed by atoms with Gasteiger partial charge in [-0.3, -0.25) is 4.79 Å². The molecule has 0 aliphatic heterocycles. The molecule has 4 heteroatoms. The van der Waals surface area contributed by atoms with E-state index in [1.807, 2.05) is 24.3 Å². The number of anilines is 2. The first-order chi connectivity index (χ1) is 11.5. The standard InChI is InChI=1S/C20H27N3O/c21-17-5-4-13(9-18(17)22)2-1-3-19(24)23-20-10-14-6-15(11-20)8-16(7-14)12-20/h1-2,4-5,9,14-16H,3,6-8,10-12,21-22H2,(H,23,24). The minimum Gasteiger partial charge on any atom is -0.397 e. The highest BCUT2D eigenvalue weighted by Crippen LogP contribution is 2.55. The van der Waals surface area contributed by atoms with Crippen LogP contribution in [0.5, 0.6) is 0 Å². The number of hydrogen-bond donors (Lipinski definition) is 3. The monoisotopic (exact) mass is 325 g/mol. The number of rotatable bonds is 4. The fourth-order valence-electron chi connectivity index (χ4n) is 5.61. The highest BCUT2D eigenvalue weighted by Gasteiger charge is 2.51. The third kappa shape index (κ3) is 3.02. The van der Waals surface area contributed by atoms with Crippen molar-refractivity contribution < 1.29 is 4.79 Å². The SMILES string of the molecule is Nc1ccc(C=CCC(=O)NC23CC4CC(CC(C4)C2)C3)cc1N. The van der Waals surface area contributed by atoms with Gasteiger partial charge in [-0.25, -0.2) is 0 Å². The van der Waals surface area contributed by atoms with Crippen LogP contribution in [0.25, 0.3) is 6.08 Å². The number of carbonyl (C=O) groups excluding carboxylic acids is 1. The van der Waals surface area contributed by atoms with Gasteiger partial charge in [-0.2, -0.15) is 0 Å². The summed E-state index contributed by atoms with van der Waals surface area (Å²) < 4.78 is 0. The number of carbonyl (C=O) groups is 1. The van der Waals surface area contributed by atoms with Gasteiger partial charge in [-0.1, -0.05) is 18.2 Å². The topological polar surface area (TPSA) is 81.1 Å². The van der Waals surface area contributed by atoms with Crippen molar-refractivity contribution in [1.29, 1.82) is 0 Å². The third-order valence-electron chi connectivity index (χ3n) is 6.17. The maximum atomic E-state index is 12.4. The molecule has 0 aromatic heterocycles. The molecule has 0 atom stereocenters. The molecule has 24 heavy (non-hydrogen) atoms. The molecule has 4 aliphatic rings. The van der Waals surface area contributed by atoms with E-state index in [4.69, 9.17) is 11.5 Å². The molecule has 5 N–H and O–H groups in total. The summed E-state index contributed by atoms with van der Waals surface area (Å²) in [6.07, 6.45) is 12.1. The van der Waals surface area contributed by atoms with Gasteiger partial charge >= 0.3 is 0 Å². The molecule has 4 fully saturated rings. The fourth-order valence-corrected chi connectivity index (χ4v) is 5.61. The van der Waals surface area contributed by atoms with Gasteiger partial charge in [0, 0.05) is 12.0 Å². The van der Waals surface area contributed by atoms with Crippen LogP contribution in [0.1, 0.15) is 50.5 Å². The lowest BCUT2D eigenvalue weighted by atomic mass is 9.53. The number of nitrogens with one attached hydrogen (secondary N) is 1. The van der Waals surface area contributed by atoms with Crippen LogP contribution in [0.15, 0.2) is 24.3 Å². The Balaban J connectivity index is 1.35. The van der Waals surface area contributed by atoms with E-state index in [0.717, 1.165) is 23.3 Å². The van der Waals surface area contributed by atoms with E-state index in [1.165, 1.54) is 38.5 Å². The van der Waals surface area contributed by atoms with Crippen molar-refractivity contribution in [2.45, 2.75) is 50.5 Å². The highest BCUT2D eigenvalue weighted by atomic mass is 16.1. The van der Waals surface area contributed by atoms with Crippen LogP contribution in [0.3, 0.4) is 0 Å². The average Bonchev–Trinajstić information content (AvgIpc) is 2.49. The molecular weight excluding hydrogens is 298 g/mol. The summed E-state index contributed by atoms with van der Waals surface area (Å²) in [5.41, 5.74) is 13.8. The van der Waals surface area contributed by atoms with Gasteiger partial charge in [0.2, 0.25) is 5.91 Å². The van der Waals surface area contributed by atoms with E-state index < -0.39 is 0 Å². The van der Waals surface area contributed by atoms with Crippen LogP contribution in [-0.2, 0) is 4.79 Å². The molecule has 4 bridgehead atoms. The lowest BCUT2D eigenvalue weighted by molar-refractivity contribution is -0.126. The lowest BCUT2D eigenvalue weighted by Gasteiger charge is -2.56. The summed E-state index contributed by atoms with van der Waals surface area (Å²) in [6.45, 7) is 0. The largest absolute Gasteiger partial charge is 0.397 e. The van der Waals surface area contributed by atoms with Gasteiger partial charge in [0.25, 0.3) is 0 Å². The minimum atomic E-state index is 0.102. The normalized spacial score (nSPS) is 33.9. The van der Waals surface area contributed by atoms with Gasteiger partial charge in [0.05, 0.1) is 11.4 Å². The van der Waals surface area contributed by atoms with Crippen molar-refractivity contribution in [3.05, 3.63) is 29.8 Å². The number of benzene rings is 1. The Hall–Kier alpha value is -1.97. The summed E-state index contributed by atoms with van der Waals surface area (Å²) in [4.78, 5) is 12.4. The summed E-state index contributed by atoms with van der Waals surface area (Å²) in [6, 6.07) is 5.55. The number of amides is 1. The third-order valence-corrected chi connectivity index (χ3v) is 6.17. The minimum absolute atomic E-state index is 0.102. The van der Waals surface area contributed by atoms with E-state index >= 15 is 0 Å². The van der Waals surface area contributed by atoms with Crippen molar-refractivity contribution in [2.75, 3.05) is 11.5 Å². The Bertz CT molecular complexity index is 644. The Morgan fingerprint density at radius 1 is 1.08 bits per heavy atom. The van der Waals surface area contributed by atoms with E-state index in [2.05, 4.69) is 5.32 Å². The second-order valence-electron chi connectivity index (χ2n) is 8.24. The smallest absolute Gasteiger partial charge is 0.224 e. The maximum absolute atomic E-state index is 12.4. The predicted octanol–water partition coefficient (Wildman–Crippen LogP) is 3.34. The Morgan fingerprint density at radius 2 is 1.71 bits per heavy atom. The van der Waals surface area contributed by atoms with Crippen molar-refractivity contribution in [1.82, 2.24) is 5.32 Å². The lowest BCUT2D eigenvalue weighted by Crippen LogP contribution is -2.59. The van der Waals surface area contributed by atoms with Crippen molar-refractivity contribution >= 4 is 23.4 Å². The second kappa shape index (κ2) is 5.83.